The number of fused-ring (bicyclic) bond motifs is 1. The minimum Gasteiger partial charge on any atom is -0.490 e. The lowest BCUT2D eigenvalue weighted by molar-refractivity contribution is 0.241. The van der Waals surface area contributed by atoms with Crippen LogP contribution in [0.5, 0.6) is 5.75 Å². The second kappa shape index (κ2) is 12.9. The maximum Gasteiger partial charge on any atom is 0.258 e. The van der Waals surface area contributed by atoms with E-state index in [1.54, 1.807) is 12.1 Å². The van der Waals surface area contributed by atoms with E-state index in [2.05, 4.69) is 32.5 Å². The zero-order valence-corrected chi connectivity index (χ0v) is 21.8. The zero-order valence-electron chi connectivity index (χ0n) is 21.0. The third-order valence-corrected chi connectivity index (χ3v) is 6.68. The minimum atomic E-state index is 0.00290. The van der Waals surface area contributed by atoms with Crippen LogP contribution < -0.4 is 15.2 Å². The van der Waals surface area contributed by atoms with Gasteiger partial charge in [0.05, 0.1) is 11.7 Å². The Kier molecular flexibility index (Phi) is 9.36. The summed E-state index contributed by atoms with van der Waals surface area (Å²) in [5.74, 6) is 2.62. The van der Waals surface area contributed by atoms with Crippen molar-refractivity contribution in [3.63, 3.8) is 0 Å². The Morgan fingerprint density at radius 3 is 2.81 bits per heavy atom. The Hall–Kier alpha value is -2.90. The summed E-state index contributed by atoms with van der Waals surface area (Å²) in [7, 11) is 0. The van der Waals surface area contributed by atoms with Gasteiger partial charge in [0, 0.05) is 49.6 Å². The second-order valence-electron chi connectivity index (χ2n) is 9.17. The van der Waals surface area contributed by atoms with Gasteiger partial charge in [-0.3, -0.25) is 10.0 Å². The van der Waals surface area contributed by atoms with E-state index in [0.717, 1.165) is 43.8 Å². The molecule has 190 valence electrons. The van der Waals surface area contributed by atoms with Crippen LogP contribution in [0.2, 0.25) is 0 Å². The van der Waals surface area contributed by atoms with Crippen molar-refractivity contribution < 1.29 is 9.26 Å². The van der Waals surface area contributed by atoms with E-state index in [1.165, 1.54) is 42.6 Å². The predicted octanol–water partition coefficient (Wildman–Crippen LogP) is 4.05. The molecule has 0 amide bonds. The molecule has 1 fully saturated rings. The third kappa shape index (κ3) is 6.65. The van der Waals surface area contributed by atoms with Crippen molar-refractivity contribution in [2.45, 2.75) is 39.2 Å². The molecule has 0 unspecified atom stereocenters. The van der Waals surface area contributed by atoms with Gasteiger partial charge in [0.1, 0.15) is 11.8 Å². The Morgan fingerprint density at radius 2 is 2.06 bits per heavy atom. The van der Waals surface area contributed by atoms with Gasteiger partial charge in [0.15, 0.2) is 0 Å². The first kappa shape index (κ1) is 26.2. The Balaban J connectivity index is 0.000000256. The van der Waals surface area contributed by atoms with Gasteiger partial charge in [-0.2, -0.15) is 10.2 Å². The highest BCUT2D eigenvalue weighted by Gasteiger charge is 2.20. The molecule has 8 nitrogen and oxygen atoms in total. The summed E-state index contributed by atoms with van der Waals surface area (Å²) in [6, 6.07) is 13.8. The van der Waals surface area contributed by atoms with Crippen LogP contribution in [0.3, 0.4) is 0 Å². The number of nitrogens with one attached hydrogen (secondary N) is 1. The van der Waals surface area contributed by atoms with Crippen molar-refractivity contribution in [3.05, 3.63) is 53.1 Å². The van der Waals surface area contributed by atoms with E-state index in [9.17, 15) is 5.26 Å². The molecule has 0 saturated carbocycles. The SMILES string of the molecule is CC(C)Oc1ccc(-c2nc(-c3cccc4c3CCC4)no2)cc1C#N.NSCCN1CCNCC1. The number of aryl methyl sites for hydroxylation is 1. The number of nitrogens with zero attached hydrogens (tertiary/aromatic N) is 4. The van der Waals surface area contributed by atoms with Crippen LogP contribution in [-0.4, -0.2) is 59.6 Å². The minimum absolute atomic E-state index is 0.00290. The summed E-state index contributed by atoms with van der Waals surface area (Å²) in [4.78, 5) is 7.01. The molecule has 36 heavy (non-hydrogen) atoms. The summed E-state index contributed by atoms with van der Waals surface area (Å²) in [6.07, 6.45) is 3.33. The van der Waals surface area contributed by atoms with Crippen LogP contribution in [0, 0.1) is 11.3 Å². The normalized spacial score (nSPS) is 15.2. The molecule has 2 heterocycles. The van der Waals surface area contributed by atoms with Gasteiger partial charge in [0.2, 0.25) is 5.82 Å². The molecule has 1 aliphatic carbocycles. The number of ether oxygens (including phenoxy) is 1. The van der Waals surface area contributed by atoms with Crippen molar-refractivity contribution in [1.29, 1.82) is 5.26 Å². The number of hydrogen-bond acceptors (Lipinski definition) is 9. The molecule has 0 bridgehead atoms. The van der Waals surface area contributed by atoms with Crippen LogP contribution in [0.15, 0.2) is 40.9 Å². The highest BCUT2D eigenvalue weighted by atomic mass is 32.2. The van der Waals surface area contributed by atoms with Gasteiger partial charge in [-0.05, 0) is 62.4 Å². The van der Waals surface area contributed by atoms with Crippen molar-refractivity contribution in [1.82, 2.24) is 20.4 Å². The highest BCUT2D eigenvalue weighted by Crippen LogP contribution is 2.32. The van der Waals surface area contributed by atoms with Crippen molar-refractivity contribution in [2.24, 2.45) is 5.14 Å². The van der Waals surface area contributed by atoms with E-state index in [1.807, 2.05) is 32.0 Å². The van der Waals surface area contributed by atoms with Crippen LogP contribution in [0.4, 0.5) is 0 Å². The topological polar surface area (TPSA) is 113 Å². The van der Waals surface area contributed by atoms with E-state index in [4.69, 9.17) is 14.4 Å². The third-order valence-electron chi connectivity index (χ3n) is 6.26. The van der Waals surface area contributed by atoms with Gasteiger partial charge < -0.3 is 14.6 Å². The first-order chi connectivity index (χ1) is 17.6. The van der Waals surface area contributed by atoms with Gasteiger partial charge in [-0.1, -0.05) is 35.3 Å². The number of nitriles is 1. The molecular weight excluding hydrogens is 472 g/mol. The second-order valence-corrected chi connectivity index (χ2v) is 9.91. The predicted molar refractivity (Wildman–Crippen MR) is 144 cm³/mol. The zero-order chi connectivity index (χ0) is 25.3. The quantitative estimate of drug-likeness (QED) is 0.458. The van der Waals surface area contributed by atoms with E-state index in [-0.39, 0.29) is 6.10 Å². The average molecular weight is 507 g/mol. The molecule has 2 aromatic carbocycles. The number of nitrogens with two attached hydrogens (primary N) is 1. The number of piperazine rings is 1. The van der Waals surface area contributed by atoms with Crippen LogP contribution in [0.1, 0.15) is 37.0 Å². The molecule has 3 N–H and O–H groups in total. The molecule has 1 aliphatic heterocycles. The summed E-state index contributed by atoms with van der Waals surface area (Å²) in [5.41, 5.74) is 4.89. The molecule has 0 spiro atoms. The highest BCUT2D eigenvalue weighted by molar-refractivity contribution is 7.97. The molecule has 5 rings (SSSR count). The summed E-state index contributed by atoms with van der Waals surface area (Å²) < 4.78 is 11.1. The first-order valence-electron chi connectivity index (χ1n) is 12.5. The molecule has 0 radical (unpaired) electrons. The maximum atomic E-state index is 9.40. The fourth-order valence-electron chi connectivity index (χ4n) is 4.50. The fourth-order valence-corrected chi connectivity index (χ4v) is 4.87. The maximum absolute atomic E-state index is 9.40. The number of hydrogen-bond donors (Lipinski definition) is 2. The number of benzene rings is 2. The van der Waals surface area contributed by atoms with E-state index in [0.29, 0.717) is 28.6 Å². The molecule has 2 aliphatic rings. The van der Waals surface area contributed by atoms with E-state index < -0.39 is 0 Å². The van der Waals surface area contributed by atoms with Crippen LogP contribution in [0.25, 0.3) is 22.8 Å². The number of rotatable bonds is 7. The molecule has 1 aromatic heterocycles. The Bertz CT molecular complexity index is 1180. The Morgan fingerprint density at radius 1 is 1.22 bits per heavy atom. The van der Waals surface area contributed by atoms with E-state index >= 15 is 0 Å². The van der Waals surface area contributed by atoms with Crippen molar-refractivity contribution in [3.8, 4) is 34.7 Å². The lowest BCUT2D eigenvalue weighted by Gasteiger charge is -2.26. The average Bonchev–Trinajstić information content (AvgIpc) is 3.58. The van der Waals surface area contributed by atoms with Crippen LogP contribution >= 0.6 is 11.9 Å². The summed E-state index contributed by atoms with van der Waals surface area (Å²) in [6.45, 7) is 9.63. The number of aromatic nitrogens is 2. The molecular formula is C27H34N6O2S. The smallest absolute Gasteiger partial charge is 0.258 e. The molecule has 9 heteroatoms. The first-order valence-corrected chi connectivity index (χ1v) is 13.5. The Labute approximate surface area is 217 Å². The lowest BCUT2D eigenvalue weighted by Crippen LogP contribution is -2.44. The molecule has 1 saturated heterocycles. The lowest BCUT2D eigenvalue weighted by atomic mass is 10.0. The standard InChI is InChI=1S/C21H19N3O2.C6H15N3S/c1-13(2)25-19-10-9-15(11-16(19)12-22)21-23-20(24-26-21)18-8-4-6-14-5-3-7-17(14)18;7-10-6-5-9-3-1-8-2-4-9/h4,6,8-11,13H,3,5,7H2,1-2H3;8H,1-7H2. The monoisotopic (exact) mass is 506 g/mol. The van der Waals surface area contributed by atoms with Gasteiger partial charge in [-0.25, -0.2) is 0 Å². The summed E-state index contributed by atoms with van der Waals surface area (Å²) >= 11 is 1.43. The molecule has 0 atom stereocenters. The van der Waals surface area contributed by atoms with Crippen LogP contribution in [-0.2, 0) is 12.8 Å². The fraction of sp³-hybridized carbons (Fsp3) is 0.444. The van der Waals surface area contributed by atoms with Gasteiger partial charge in [-0.15, -0.1) is 0 Å². The van der Waals surface area contributed by atoms with Crippen molar-refractivity contribution >= 4 is 11.9 Å². The van der Waals surface area contributed by atoms with Gasteiger partial charge >= 0.3 is 0 Å². The summed E-state index contributed by atoms with van der Waals surface area (Å²) in [5, 5.41) is 22.2. The van der Waals surface area contributed by atoms with Crippen molar-refractivity contribution in [2.75, 3.05) is 38.5 Å². The largest absolute Gasteiger partial charge is 0.490 e. The van der Waals surface area contributed by atoms with Gasteiger partial charge in [0.25, 0.3) is 5.89 Å². The molecule has 3 aromatic rings.